The number of nitrogens with zero attached hydrogens (tertiary/aromatic N) is 3. The number of hydrogen-bond acceptors (Lipinski definition) is 7. The third-order valence-corrected chi connectivity index (χ3v) is 3.18. The molecule has 2 aromatic carbocycles. The van der Waals surface area contributed by atoms with Crippen LogP contribution in [0.3, 0.4) is 0 Å². The van der Waals surface area contributed by atoms with Gasteiger partial charge in [-0.2, -0.15) is 10.1 Å². The van der Waals surface area contributed by atoms with Crippen molar-refractivity contribution in [3.05, 3.63) is 66.4 Å². The van der Waals surface area contributed by atoms with Crippen molar-refractivity contribution in [3.8, 4) is 0 Å². The van der Waals surface area contributed by atoms with E-state index < -0.39 is 5.97 Å². The molecule has 3 aromatic rings. The molecular weight excluding hydrogens is 306 g/mol. The molecule has 0 atom stereocenters. The Labute approximate surface area is 138 Å². The predicted molar refractivity (Wildman–Crippen MR) is 90.6 cm³/mol. The lowest BCUT2D eigenvalue weighted by molar-refractivity contribution is 0.0602. The third kappa shape index (κ3) is 3.64. The van der Waals surface area contributed by atoms with Gasteiger partial charge in [-0.1, -0.05) is 30.3 Å². The molecule has 7 nitrogen and oxygen atoms in total. The van der Waals surface area contributed by atoms with Gasteiger partial charge in [-0.25, -0.2) is 4.79 Å². The maximum Gasteiger partial charge on any atom is 0.339 e. The number of rotatable bonds is 5. The van der Waals surface area contributed by atoms with E-state index in [0.29, 0.717) is 17.1 Å². The van der Waals surface area contributed by atoms with E-state index in [-0.39, 0.29) is 5.95 Å². The number of esters is 1. The van der Waals surface area contributed by atoms with Crippen molar-refractivity contribution >= 4 is 29.1 Å². The van der Waals surface area contributed by atoms with Crippen molar-refractivity contribution in [3.63, 3.8) is 0 Å². The first-order chi connectivity index (χ1) is 11.8. The summed E-state index contributed by atoms with van der Waals surface area (Å²) in [5, 5.41) is 14.0. The summed E-state index contributed by atoms with van der Waals surface area (Å²) in [6.45, 7) is 0. The molecule has 0 unspecified atom stereocenters. The molecule has 3 rings (SSSR count). The van der Waals surface area contributed by atoms with Crippen LogP contribution < -0.4 is 10.6 Å². The Bertz CT molecular complexity index is 839. The number of nitrogens with one attached hydrogen (secondary N) is 2. The summed E-state index contributed by atoms with van der Waals surface area (Å²) in [6, 6.07) is 16.6. The standard InChI is InChI=1S/C17H15N5O2/c1-24-16(23)13-9-5-6-10-14(13)20-17-21-15(11-18-22-17)19-12-7-3-2-4-8-12/h2-11H,1H3,(H2,19,20,21,22). The van der Waals surface area contributed by atoms with Crippen LogP contribution in [-0.4, -0.2) is 28.3 Å². The van der Waals surface area contributed by atoms with Gasteiger partial charge in [-0.05, 0) is 24.3 Å². The smallest absolute Gasteiger partial charge is 0.339 e. The van der Waals surface area contributed by atoms with Crippen LogP contribution >= 0.6 is 0 Å². The first-order valence-corrected chi connectivity index (χ1v) is 7.22. The fraction of sp³-hybridized carbons (Fsp3) is 0.0588. The van der Waals surface area contributed by atoms with Crippen LogP contribution in [0.2, 0.25) is 0 Å². The molecule has 0 aliphatic heterocycles. The topological polar surface area (TPSA) is 89.0 Å². The van der Waals surface area contributed by atoms with E-state index >= 15 is 0 Å². The van der Waals surface area contributed by atoms with Crippen LogP contribution in [0, 0.1) is 0 Å². The Morgan fingerprint density at radius 1 is 1.00 bits per heavy atom. The zero-order chi connectivity index (χ0) is 16.8. The van der Waals surface area contributed by atoms with E-state index in [1.165, 1.54) is 13.3 Å². The fourth-order valence-electron chi connectivity index (χ4n) is 2.09. The summed E-state index contributed by atoms with van der Waals surface area (Å²) in [6.07, 6.45) is 1.52. The van der Waals surface area contributed by atoms with Gasteiger partial charge in [-0.3, -0.25) is 0 Å². The Kier molecular flexibility index (Phi) is 4.62. The summed E-state index contributed by atoms with van der Waals surface area (Å²) < 4.78 is 4.77. The second-order valence-corrected chi connectivity index (χ2v) is 4.82. The van der Waals surface area contributed by atoms with Gasteiger partial charge in [0.2, 0.25) is 5.95 Å². The number of carbonyl (C=O) groups excluding carboxylic acids is 1. The molecule has 0 spiro atoms. The molecule has 1 heterocycles. The molecule has 1 aromatic heterocycles. The highest BCUT2D eigenvalue weighted by atomic mass is 16.5. The zero-order valence-electron chi connectivity index (χ0n) is 12.9. The average Bonchev–Trinajstić information content (AvgIpc) is 2.63. The summed E-state index contributed by atoms with van der Waals surface area (Å²) in [7, 11) is 1.33. The fourth-order valence-corrected chi connectivity index (χ4v) is 2.09. The minimum atomic E-state index is -0.440. The average molecular weight is 321 g/mol. The number of ether oxygens (including phenoxy) is 1. The predicted octanol–water partition coefficient (Wildman–Crippen LogP) is 3.15. The number of para-hydroxylation sites is 2. The second-order valence-electron chi connectivity index (χ2n) is 4.82. The van der Waals surface area contributed by atoms with Crippen LogP contribution in [0.4, 0.5) is 23.1 Å². The highest BCUT2D eigenvalue weighted by Gasteiger charge is 2.12. The Hall–Kier alpha value is -3.48. The molecule has 0 bridgehead atoms. The molecular formula is C17H15N5O2. The van der Waals surface area contributed by atoms with Gasteiger partial charge in [0.05, 0.1) is 24.6 Å². The number of benzene rings is 2. The lowest BCUT2D eigenvalue weighted by Gasteiger charge is -2.10. The van der Waals surface area contributed by atoms with Gasteiger partial charge in [0.25, 0.3) is 0 Å². The molecule has 0 radical (unpaired) electrons. The van der Waals surface area contributed by atoms with E-state index in [4.69, 9.17) is 4.74 Å². The number of carbonyl (C=O) groups is 1. The number of hydrogen-bond donors (Lipinski definition) is 2. The van der Waals surface area contributed by atoms with E-state index in [1.54, 1.807) is 24.3 Å². The van der Waals surface area contributed by atoms with Crippen molar-refractivity contribution in [2.75, 3.05) is 17.7 Å². The summed E-state index contributed by atoms with van der Waals surface area (Å²) in [4.78, 5) is 16.1. The SMILES string of the molecule is COC(=O)c1ccccc1Nc1nncc(Nc2ccccc2)n1. The minimum absolute atomic E-state index is 0.271. The van der Waals surface area contributed by atoms with E-state index in [2.05, 4.69) is 25.8 Å². The van der Waals surface area contributed by atoms with Gasteiger partial charge in [0.1, 0.15) is 0 Å². The van der Waals surface area contributed by atoms with Gasteiger partial charge in [0, 0.05) is 5.69 Å². The van der Waals surface area contributed by atoms with Crippen LogP contribution in [-0.2, 0) is 4.74 Å². The molecule has 0 aliphatic carbocycles. The Morgan fingerprint density at radius 2 is 1.75 bits per heavy atom. The third-order valence-electron chi connectivity index (χ3n) is 3.18. The largest absolute Gasteiger partial charge is 0.465 e. The molecule has 2 N–H and O–H groups in total. The van der Waals surface area contributed by atoms with Crippen LogP contribution in [0.5, 0.6) is 0 Å². The maximum atomic E-state index is 11.8. The van der Waals surface area contributed by atoms with Crippen molar-refractivity contribution in [2.45, 2.75) is 0 Å². The van der Waals surface area contributed by atoms with Crippen LogP contribution in [0.15, 0.2) is 60.8 Å². The van der Waals surface area contributed by atoms with Gasteiger partial charge >= 0.3 is 5.97 Å². The second kappa shape index (κ2) is 7.19. The molecule has 0 fully saturated rings. The molecule has 0 saturated heterocycles. The Balaban J connectivity index is 1.82. The summed E-state index contributed by atoms with van der Waals surface area (Å²) >= 11 is 0. The van der Waals surface area contributed by atoms with Crippen molar-refractivity contribution < 1.29 is 9.53 Å². The van der Waals surface area contributed by atoms with Crippen molar-refractivity contribution in [1.29, 1.82) is 0 Å². The van der Waals surface area contributed by atoms with Crippen molar-refractivity contribution in [1.82, 2.24) is 15.2 Å². The van der Waals surface area contributed by atoms with E-state index in [1.807, 2.05) is 30.3 Å². The van der Waals surface area contributed by atoms with E-state index in [9.17, 15) is 4.79 Å². The van der Waals surface area contributed by atoms with Gasteiger partial charge in [0.15, 0.2) is 5.82 Å². The monoisotopic (exact) mass is 321 g/mol. The van der Waals surface area contributed by atoms with E-state index in [0.717, 1.165) is 5.69 Å². The Morgan fingerprint density at radius 3 is 2.54 bits per heavy atom. The zero-order valence-corrected chi connectivity index (χ0v) is 12.9. The van der Waals surface area contributed by atoms with Crippen molar-refractivity contribution in [2.24, 2.45) is 0 Å². The van der Waals surface area contributed by atoms with Gasteiger partial charge in [-0.15, -0.1) is 5.10 Å². The minimum Gasteiger partial charge on any atom is -0.465 e. The summed E-state index contributed by atoms with van der Waals surface area (Å²) in [5.74, 6) is 0.367. The number of methoxy groups -OCH3 is 1. The molecule has 0 amide bonds. The lowest BCUT2D eigenvalue weighted by Crippen LogP contribution is -2.08. The molecule has 120 valence electrons. The number of aromatic nitrogens is 3. The molecule has 0 saturated carbocycles. The highest BCUT2D eigenvalue weighted by molar-refractivity contribution is 5.96. The molecule has 7 heteroatoms. The van der Waals surface area contributed by atoms with Crippen LogP contribution in [0.1, 0.15) is 10.4 Å². The number of anilines is 4. The summed E-state index contributed by atoms with van der Waals surface area (Å²) in [5.41, 5.74) is 1.83. The first-order valence-electron chi connectivity index (χ1n) is 7.22. The maximum absolute atomic E-state index is 11.8. The normalized spacial score (nSPS) is 10.0. The molecule has 0 aliphatic rings. The quantitative estimate of drug-likeness (QED) is 0.698. The highest BCUT2D eigenvalue weighted by Crippen LogP contribution is 2.20. The first kappa shape index (κ1) is 15.4. The molecule has 24 heavy (non-hydrogen) atoms. The van der Waals surface area contributed by atoms with Crippen LogP contribution in [0.25, 0.3) is 0 Å². The lowest BCUT2D eigenvalue weighted by atomic mass is 10.2. The van der Waals surface area contributed by atoms with Gasteiger partial charge < -0.3 is 15.4 Å².